The summed E-state index contributed by atoms with van der Waals surface area (Å²) in [5.41, 5.74) is 9.76. The lowest BCUT2D eigenvalue weighted by Gasteiger charge is -2.16. The molecule has 0 spiro atoms. The third-order valence-corrected chi connectivity index (χ3v) is 13.5. The minimum Gasteiger partial charge on any atom is -0.361 e. The van der Waals surface area contributed by atoms with Gasteiger partial charge < -0.3 is 26.3 Å². The van der Waals surface area contributed by atoms with Crippen LogP contribution in [0.3, 0.4) is 0 Å². The van der Waals surface area contributed by atoms with Crippen LogP contribution in [0.2, 0.25) is 0 Å². The highest BCUT2D eigenvalue weighted by atomic mass is 32.2. The molecule has 2 aliphatic rings. The maximum Gasteiger partial charge on any atom is 0.270 e. The van der Waals surface area contributed by atoms with Crippen molar-refractivity contribution in [3.63, 3.8) is 0 Å². The van der Waals surface area contributed by atoms with Crippen LogP contribution in [-0.4, -0.2) is 66.8 Å². The zero-order chi connectivity index (χ0) is 45.5. The number of aromatic amines is 1. The highest BCUT2D eigenvalue weighted by Crippen LogP contribution is 2.37. The van der Waals surface area contributed by atoms with Gasteiger partial charge in [0, 0.05) is 24.5 Å². The van der Waals surface area contributed by atoms with Gasteiger partial charge in [-0.2, -0.15) is 57.1 Å². The fourth-order valence-corrected chi connectivity index (χ4v) is 9.64. The zero-order valence-electron chi connectivity index (χ0n) is 38.2. The van der Waals surface area contributed by atoms with Gasteiger partial charge in [-0.05, 0) is 94.7 Å². The van der Waals surface area contributed by atoms with E-state index in [0.29, 0.717) is 34.7 Å². The molecular formula is C47H54N16O2S3. The molecule has 0 saturated heterocycles. The fourth-order valence-electron chi connectivity index (χ4n) is 8.40. The van der Waals surface area contributed by atoms with Gasteiger partial charge in [0.15, 0.2) is 28.4 Å². The van der Waals surface area contributed by atoms with Gasteiger partial charge in [0.05, 0.1) is 47.1 Å². The topological polar surface area (TPSA) is 216 Å². The van der Waals surface area contributed by atoms with Crippen molar-refractivity contribution in [2.45, 2.75) is 89.4 Å². The number of hydrogen-bond acceptors (Lipinski definition) is 14. The molecule has 5 N–H and O–H groups in total. The SMILES string of the molecule is CC(C)n1cc(Nc2nc(N[C@H]3CCc4ccccc43)c3[nH]cnc3n2)cn1.Cc1ccc(S(=O)(=O)n2cnc3c(N[C@H]4CCc5ccccc54)nc(Nc4cnn(C(C)C)c4)nc32)cc1.S.S. The molecule has 0 unspecified atom stereocenters. The minimum atomic E-state index is -3.94. The second kappa shape index (κ2) is 19.7. The Labute approximate surface area is 407 Å². The van der Waals surface area contributed by atoms with Crippen LogP contribution in [0, 0.1) is 6.92 Å². The average molecular weight is 971 g/mol. The lowest BCUT2D eigenvalue weighted by atomic mass is 10.1. The molecule has 352 valence electrons. The van der Waals surface area contributed by atoms with Gasteiger partial charge in [0.2, 0.25) is 11.9 Å². The van der Waals surface area contributed by atoms with E-state index in [0.717, 1.165) is 52.2 Å². The summed E-state index contributed by atoms with van der Waals surface area (Å²) in [7, 11) is -3.94. The molecule has 0 saturated carbocycles. The van der Waals surface area contributed by atoms with Crippen LogP contribution in [0.1, 0.15) is 92.5 Å². The maximum atomic E-state index is 13.6. The number of nitrogens with one attached hydrogen (secondary N) is 5. The van der Waals surface area contributed by atoms with Crippen molar-refractivity contribution >= 4 is 94.2 Å². The number of aromatic nitrogens is 12. The third kappa shape index (κ3) is 9.58. The summed E-state index contributed by atoms with van der Waals surface area (Å²) in [5.74, 6) is 1.96. The van der Waals surface area contributed by atoms with Crippen molar-refractivity contribution in [3.05, 3.63) is 138 Å². The molecule has 0 fully saturated rings. The molecule has 0 radical (unpaired) electrons. The number of rotatable bonds is 12. The molecule has 21 heteroatoms. The Morgan fingerprint density at radius 1 is 0.676 bits per heavy atom. The van der Waals surface area contributed by atoms with E-state index in [1.165, 1.54) is 28.6 Å². The van der Waals surface area contributed by atoms with Gasteiger partial charge >= 0.3 is 0 Å². The normalized spacial score (nSPS) is 15.0. The minimum absolute atomic E-state index is 0. The van der Waals surface area contributed by atoms with Gasteiger partial charge in [-0.15, -0.1) is 0 Å². The van der Waals surface area contributed by atoms with E-state index in [1.807, 2.05) is 54.7 Å². The Morgan fingerprint density at radius 2 is 1.22 bits per heavy atom. The first kappa shape index (κ1) is 47.5. The third-order valence-electron chi connectivity index (χ3n) is 11.9. The second-order valence-corrected chi connectivity index (χ2v) is 19.0. The number of fused-ring (bicyclic) bond motifs is 4. The number of imidazole rings is 2. The Bertz CT molecular complexity index is 3310. The molecule has 9 aromatic rings. The monoisotopic (exact) mass is 970 g/mol. The largest absolute Gasteiger partial charge is 0.361 e. The molecule has 68 heavy (non-hydrogen) atoms. The second-order valence-electron chi connectivity index (χ2n) is 17.1. The van der Waals surface area contributed by atoms with Crippen LogP contribution in [-0.2, 0) is 22.9 Å². The Hall–Kier alpha value is -6.97. The summed E-state index contributed by atoms with van der Waals surface area (Å²) in [6, 6.07) is 24.3. The summed E-state index contributed by atoms with van der Waals surface area (Å²) in [6.07, 6.45) is 14.2. The molecule has 2 aliphatic carbocycles. The number of anilines is 6. The molecule has 0 amide bonds. The Kier molecular flexibility index (Phi) is 13.8. The summed E-state index contributed by atoms with van der Waals surface area (Å²) in [5, 5.41) is 22.3. The first-order valence-corrected chi connectivity index (χ1v) is 23.5. The van der Waals surface area contributed by atoms with E-state index in [4.69, 9.17) is 9.97 Å². The van der Waals surface area contributed by atoms with E-state index in [1.54, 1.807) is 43.0 Å². The standard InChI is InChI=1S/C27H28N8O2S.C20H22N8.2H2S/c1-17(2)34-15-20(14-29-34)30-27-32-25(31-23-13-10-19-6-4-5-7-22(19)23)24-26(33-27)35(16-28-24)38(36,37)21-11-8-18(3)9-12-21;1-12(2)28-10-14(9-23-28)24-20-26-18-17(21-11-22-18)19(27-20)25-16-8-7-13-5-3-4-6-15(13)16;;/h4-9,11-12,14-17,23H,10,13H2,1-3H3,(H2,30,31,32,33);3-6,9-12,16H,7-8H2,1-2H3,(H3,21,22,24,25,26,27);2*1H2/t23-;16-;;/m00../s1. The van der Waals surface area contributed by atoms with Crippen molar-refractivity contribution in [1.29, 1.82) is 0 Å². The molecule has 3 aromatic carbocycles. The van der Waals surface area contributed by atoms with Crippen molar-refractivity contribution in [3.8, 4) is 0 Å². The molecule has 2 atom stereocenters. The lowest BCUT2D eigenvalue weighted by molar-refractivity contribution is 0.532. The van der Waals surface area contributed by atoms with Gasteiger partial charge in [-0.1, -0.05) is 66.2 Å². The van der Waals surface area contributed by atoms with E-state index < -0.39 is 10.0 Å². The number of aryl methyl sites for hydroxylation is 3. The highest BCUT2D eigenvalue weighted by molar-refractivity contribution is 7.90. The summed E-state index contributed by atoms with van der Waals surface area (Å²) in [6.45, 7) is 10.2. The predicted molar refractivity (Wildman–Crippen MR) is 276 cm³/mol. The molecule has 6 heterocycles. The van der Waals surface area contributed by atoms with Gasteiger partial charge in [0.1, 0.15) is 11.8 Å². The van der Waals surface area contributed by atoms with Crippen LogP contribution in [0.4, 0.5) is 34.9 Å². The Balaban J connectivity index is 0.000000186. The van der Waals surface area contributed by atoms with E-state index in [2.05, 4.69) is 107 Å². The van der Waals surface area contributed by atoms with Crippen LogP contribution in [0.25, 0.3) is 22.3 Å². The van der Waals surface area contributed by atoms with E-state index >= 15 is 0 Å². The van der Waals surface area contributed by atoms with Gasteiger partial charge in [-0.25, -0.2) is 22.4 Å². The highest BCUT2D eigenvalue weighted by Gasteiger charge is 2.28. The molecule has 0 bridgehead atoms. The van der Waals surface area contributed by atoms with E-state index in [9.17, 15) is 8.42 Å². The quantitative estimate of drug-likeness (QED) is 0.0772. The fraction of sp³-hybridized carbons (Fsp3) is 0.277. The molecule has 11 rings (SSSR count). The predicted octanol–water partition coefficient (Wildman–Crippen LogP) is 9.19. The first-order valence-electron chi connectivity index (χ1n) is 22.1. The number of hydrogen-bond donors (Lipinski definition) is 5. The lowest BCUT2D eigenvalue weighted by Crippen LogP contribution is -2.14. The summed E-state index contributed by atoms with van der Waals surface area (Å²) in [4.78, 5) is 30.7. The van der Waals surface area contributed by atoms with Crippen molar-refractivity contribution < 1.29 is 8.42 Å². The molecule has 0 aliphatic heterocycles. The smallest absolute Gasteiger partial charge is 0.270 e. The maximum absolute atomic E-state index is 13.6. The van der Waals surface area contributed by atoms with Crippen molar-refractivity contribution in [2.75, 3.05) is 21.3 Å². The number of nitrogens with zero attached hydrogens (tertiary/aromatic N) is 11. The van der Waals surface area contributed by atoms with Crippen molar-refractivity contribution in [2.24, 2.45) is 0 Å². The van der Waals surface area contributed by atoms with Gasteiger partial charge in [0.25, 0.3) is 10.0 Å². The molecular weight excluding hydrogens is 917 g/mol. The summed E-state index contributed by atoms with van der Waals surface area (Å²) >= 11 is 0. The molecule has 6 aromatic heterocycles. The zero-order valence-corrected chi connectivity index (χ0v) is 41.0. The van der Waals surface area contributed by atoms with Crippen LogP contribution < -0.4 is 21.3 Å². The summed E-state index contributed by atoms with van der Waals surface area (Å²) < 4.78 is 32.0. The van der Waals surface area contributed by atoms with Crippen LogP contribution >= 0.6 is 27.0 Å². The molecule has 18 nitrogen and oxygen atoms in total. The number of benzene rings is 3. The Morgan fingerprint density at radius 3 is 1.79 bits per heavy atom. The number of H-pyrrole nitrogens is 1. The first-order chi connectivity index (χ1) is 32.0. The van der Waals surface area contributed by atoms with Crippen molar-refractivity contribution in [1.82, 2.24) is 58.4 Å². The van der Waals surface area contributed by atoms with Crippen LogP contribution in [0.5, 0.6) is 0 Å². The van der Waals surface area contributed by atoms with Gasteiger partial charge in [-0.3, -0.25) is 9.36 Å². The van der Waals surface area contributed by atoms with Crippen LogP contribution in [0.15, 0.2) is 115 Å². The van der Waals surface area contributed by atoms with E-state index in [-0.39, 0.29) is 61.6 Å². The average Bonchev–Trinajstić information content (AvgIpc) is 4.17.